The SMILES string of the molecule is CCc1ccc(N2C[C@H](c3nc(-c4ccc(OC)cc4OC)no3)CC2=O)cc1. The number of carbonyl (C=O) groups excluding carboxylic acids is 1. The predicted octanol–water partition coefficient (Wildman–Crippen LogP) is 3.84. The first-order valence-corrected chi connectivity index (χ1v) is 9.58. The summed E-state index contributed by atoms with van der Waals surface area (Å²) in [7, 11) is 3.18. The monoisotopic (exact) mass is 393 g/mol. The molecule has 1 aliphatic heterocycles. The van der Waals surface area contributed by atoms with Crippen LogP contribution in [0, 0.1) is 0 Å². The van der Waals surface area contributed by atoms with Gasteiger partial charge in [-0.05, 0) is 36.2 Å². The van der Waals surface area contributed by atoms with E-state index in [4.69, 9.17) is 14.0 Å². The number of hydrogen-bond donors (Lipinski definition) is 0. The molecule has 0 aliphatic carbocycles. The lowest BCUT2D eigenvalue weighted by Gasteiger charge is -2.16. The van der Waals surface area contributed by atoms with Gasteiger partial charge in [0.05, 0.1) is 25.7 Å². The number of amides is 1. The lowest BCUT2D eigenvalue weighted by Crippen LogP contribution is -2.24. The summed E-state index contributed by atoms with van der Waals surface area (Å²) < 4.78 is 16.2. The van der Waals surface area contributed by atoms with E-state index in [9.17, 15) is 4.79 Å². The first-order chi connectivity index (χ1) is 14.1. The van der Waals surface area contributed by atoms with Gasteiger partial charge in [-0.25, -0.2) is 0 Å². The summed E-state index contributed by atoms with van der Waals surface area (Å²) in [6.45, 7) is 2.63. The minimum atomic E-state index is -0.140. The average Bonchev–Trinajstić information content (AvgIpc) is 3.40. The quantitative estimate of drug-likeness (QED) is 0.633. The molecule has 1 saturated heterocycles. The number of nitrogens with zero attached hydrogens (tertiary/aromatic N) is 3. The van der Waals surface area contributed by atoms with Gasteiger partial charge in [0.2, 0.25) is 17.6 Å². The molecule has 29 heavy (non-hydrogen) atoms. The Morgan fingerprint density at radius 1 is 1.14 bits per heavy atom. The number of aryl methyl sites for hydroxylation is 1. The van der Waals surface area contributed by atoms with E-state index in [-0.39, 0.29) is 11.8 Å². The maximum absolute atomic E-state index is 12.6. The van der Waals surface area contributed by atoms with Crippen LogP contribution in [-0.2, 0) is 11.2 Å². The fraction of sp³-hybridized carbons (Fsp3) is 0.318. The Balaban J connectivity index is 1.55. The van der Waals surface area contributed by atoms with E-state index in [0.717, 1.165) is 12.1 Å². The van der Waals surface area contributed by atoms with Gasteiger partial charge >= 0.3 is 0 Å². The van der Waals surface area contributed by atoms with Gasteiger partial charge in [0.15, 0.2) is 0 Å². The fourth-order valence-electron chi connectivity index (χ4n) is 3.53. The number of rotatable bonds is 6. The van der Waals surface area contributed by atoms with Crippen LogP contribution in [0.3, 0.4) is 0 Å². The van der Waals surface area contributed by atoms with E-state index < -0.39 is 0 Å². The van der Waals surface area contributed by atoms with Crippen molar-refractivity contribution in [2.75, 3.05) is 25.7 Å². The van der Waals surface area contributed by atoms with Crippen LogP contribution < -0.4 is 14.4 Å². The molecule has 0 bridgehead atoms. The topological polar surface area (TPSA) is 77.7 Å². The van der Waals surface area contributed by atoms with Crippen molar-refractivity contribution in [3.63, 3.8) is 0 Å². The molecule has 0 radical (unpaired) electrons. The Kier molecular flexibility index (Phi) is 5.20. The molecule has 2 aromatic carbocycles. The molecule has 0 saturated carbocycles. The standard InChI is InChI=1S/C22H23N3O4/c1-4-14-5-7-16(8-6-14)25-13-15(11-20(25)26)22-23-21(24-29-22)18-10-9-17(27-2)12-19(18)28-3/h5-10,12,15H,4,11,13H2,1-3H3/t15-/m1/s1. The van der Waals surface area contributed by atoms with Gasteiger partial charge < -0.3 is 18.9 Å². The number of carbonyl (C=O) groups is 1. The zero-order valence-corrected chi connectivity index (χ0v) is 16.7. The van der Waals surface area contributed by atoms with Crippen molar-refractivity contribution in [2.24, 2.45) is 0 Å². The first kappa shape index (κ1) is 19.0. The number of methoxy groups -OCH3 is 2. The molecule has 0 spiro atoms. The van der Waals surface area contributed by atoms with Crippen molar-refractivity contribution >= 4 is 11.6 Å². The van der Waals surface area contributed by atoms with Crippen LogP contribution in [0.5, 0.6) is 11.5 Å². The van der Waals surface area contributed by atoms with Gasteiger partial charge in [-0.15, -0.1) is 0 Å². The lowest BCUT2D eigenvalue weighted by molar-refractivity contribution is -0.117. The van der Waals surface area contributed by atoms with Crippen LogP contribution in [0.15, 0.2) is 47.0 Å². The number of benzene rings is 2. The first-order valence-electron chi connectivity index (χ1n) is 9.58. The smallest absolute Gasteiger partial charge is 0.232 e. The summed E-state index contributed by atoms with van der Waals surface area (Å²) in [6, 6.07) is 13.5. The Morgan fingerprint density at radius 2 is 1.93 bits per heavy atom. The summed E-state index contributed by atoms with van der Waals surface area (Å²) in [5, 5.41) is 4.10. The van der Waals surface area contributed by atoms with E-state index in [0.29, 0.717) is 41.7 Å². The molecule has 1 aromatic heterocycles. The second kappa shape index (κ2) is 7.95. The molecule has 7 nitrogen and oxygen atoms in total. The van der Waals surface area contributed by atoms with Gasteiger partial charge in [-0.1, -0.05) is 24.2 Å². The average molecular weight is 393 g/mol. The van der Waals surface area contributed by atoms with Crippen LogP contribution in [0.1, 0.15) is 30.7 Å². The van der Waals surface area contributed by atoms with Crippen LogP contribution in [0.2, 0.25) is 0 Å². The number of aromatic nitrogens is 2. The highest BCUT2D eigenvalue weighted by Crippen LogP contribution is 2.35. The van der Waals surface area contributed by atoms with Crippen molar-refractivity contribution < 1.29 is 18.8 Å². The molecule has 0 unspecified atom stereocenters. The molecule has 1 atom stereocenters. The Bertz CT molecular complexity index is 1010. The third-order valence-electron chi connectivity index (χ3n) is 5.22. The highest BCUT2D eigenvalue weighted by atomic mass is 16.5. The molecule has 3 aromatic rings. The molecule has 1 aliphatic rings. The van der Waals surface area contributed by atoms with Gasteiger partial charge in [0, 0.05) is 24.7 Å². The van der Waals surface area contributed by atoms with Crippen LogP contribution >= 0.6 is 0 Å². The summed E-state index contributed by atoms with van der Waals surface area (Å²) >= 11 is 0. The predicted molar refractivity (Wildman–Crippen MR) is 108 cm³/mol. The van der Waals surface area contributed by atoms with Gasteiger partial charge in [-0.3, -0.25) is 4.79 Å². The maximum Gasteiger partial charge on any atom is 0.232 e. The highest BCUT2D eigenvalue weighted by molar-refractivity contribution is 5.96. The second-order valence-electron chi connectivity index (χ2n) is 6.95. The molecule has 7 heteroatoms. The van der Waals surface area contributed by atoms with Crippen molar-refractivity contribution in [1.29, 1.82) is 0 Å². The van der Waals surface area contributed by atoms with E-state index in [2.05, 4.69) is 29.2 Å². The molecule has 1 fully saturated rings. The molecule has 0 N–H and O–H groups in total. The van der Waals surface area contributed by atoms with E-state index in [1.165, 1.54) is 5.56 Å². The van der Waals surface area contributed by atoms with Crippen LogP contribution in [0.25, 0.3) is 11.4 Å². The Labute approximate surface area is 169 Å². The van der Waals surface area contributed by atoms with E-state index in [1.807, 2.05) is 24.3 Å². The van der Waals surface area contributed by atoms with E-state index in [1.54, 1.807) is 25.2 Å². The largest absolute Gasteiger partial charge is 0.497 e. The van der Waals surface area contributed by atoms with Gasteiger partial charge in [-0.2, -0.15) is 4.98 Å². The second-order valence-corrected chi connectivity index (χ2v) is 6.95. The fourth-order valence-corrected chi connectivity index (χ4v) is 3.53. The van der Waals surface area contributed by atoms with Crippen molar-refractivity contribution in [3.8, 4) is 22.9 Å². The van der Waals surface area contributed by atoms with Crippen LogP contribution in [-0.4, -0.2) is 36.8 Å². The molecular formula is C22H23N3O4. The number of ether oxygens (including phenoxy) is 2. The van der Waals surface area contributed by atoms with E-state index >= 15 is 0 Å². The third-order valence-corrected chi connectivity index (χ3v) is 5.22. The van der Waals surface area contributed by atoms with Gasteiger partial charge in [0.25, 0.3) is 0 Å². The number of hydrogen-bond acceptors (Lipinski definition) is 6. The lowest BCUT2D eigenvalue weighted by atomic mass is 10.1. The molecule has 1 amide bonds. The Hall–Kier alpha value is -3.35. The molecule has 2 heterocycles. The zero-order chi connectivity index (χ0) is 20.4. The Morgan fingerprint density at radius 3 is 2.62 bits per heavy atom. The van der Waals surface area contributed by atoms with Crippen LogP contribution in [0.4, 0.5) is 5.69 Å². The molecule has 150 valence electrons. The summed E-state index contributed by atoms with van der Waals surface area (Å²) in [5.41, 5.74) is 2.85. The highest BCUT2D eigenvalue weighted by Gasteiger charge is 2.35. The summed E-state index contributed by atoms with van der Waals surface area (Å²) in [5.74, 6) is 2.08. The molecular weight excluding hydrogens is 370 g/mol. The summed E-state index contributed by atoms with van der Waals surface area (Å²) in [6.07, 6.45) is 1.31. The third kappa shape index (κ3) is 3.68. The minimum Gasteiger partial charge on any atom is -0.497 e. The van der Waals surface area contributed by atoms with Crippen molar-refractivity contribution in [3.05, 3.63) is 53.9 Å². The molecule has 4 rings (SSSR count). The zero-order valence-electron chi connectivity index (χ0n) is 16.7. The summed E-state index contributed by atoms with van der Waals surface area (Å²) in [4.78, 5) is 18.9. The normalized spacial score (nSPS) is 16.3. The number of anilines is 1. The minimum absolute atomic E-state index is 0.0565. The van der Waals surface area contributed by atoms with Gasteiger partial charge in [0.1, 0.15) is 11.5 Å². The maximum atomic E-state index is 12.6. The van der Waals surface area contributed by atoms with Crippen molar-refractivity contribution in [2.45, 2.75) is 25.7 Å². The van der Waals surface area contributed by atoms with Crippen molar-refractivity contribution in [1.82, 2.24) is 10.1 Å².